The molecule has 4 nitrogen and oxygen atoms in total. The van der Waals surface area contributed by atoms with E-state index in [0.717, 1.165) is 11.4 Å². The molecule has 0 saturated carbocycles. The third kappa shape index (κ3) is 4.52. The summed E-state index contributed by atoms with van der Waals surface area (Å²) in [6, 6.07) is 7.46. The molecule has 0 radical (unpaired) electrons. The molecule has 1 aromatic rings. The summed E-state index contributed by atoms with van der Waals surface area (Å²) in [5.74, 6) is 0.585. The number of carbonyl (C=O) groups is 1. The number of carbonyl (C=O) groups excluding carboxylic acids is 1. The van der Waals surface area contributed by atoms with Crippen molar-refractivity contribution in [2.75, 3.05) is 19.0 Å². The van der Waals surface area contributed by atoms with Gasteiger partial charge in [0.05, 0.1) is 25.2 Å². The molecular weight excluding hydrogens is 266 g/mol. The van der Waals surface area contributed by atoms with Crippen LogP contribution in [0.5, 0.6) is 5.75 Å². The van der Waals surface area contributed by atoms with E-state index in [1.165, 1.54) is 0 Å². The Labute approximate surface area is 127 Å². The number of methoxy groups -OCH3 is 1. The standard InChI is InChI=1S/C17H25NO3/c1-6-8-15(17(3,4)16(19)21-7-2)18-13-9-11-14(20-5)12-10-13/h6,8-12,15,18H,7H2,1-5H3/b8-6+. The zero-order valence-corrected chi connectivity index (χ0v) is 13.5. The van der Waals surface area contributed by atoms with Gasteiger partial charge in [0, 0.05) is 5.69 Å². The summed E-state index contributed by atoms with van der Waals surface area (Å²) < 4.78 is 10.3. The SMILES string of the molecule is C/C=C/C(Nc1ccc(OC)cc1)C(C)(C)C(=O)OCC. The third-order valence-corrected chi connectivity index (χ3v) is 3.38. The van der Waals surface area contributed by atoms with E-state index in [0.29, 0.717) is 6.61 Å². The van der Waals surface area contributed by atoms with Gasteiger partial charge in [0.1, 0.15) is 5.75 Å². The number of esters is 1. The van der Waals surface area contributed by atoms with E-state index in [2.05, 4.69) is 5.32 Å². The maximum absolute atomic E-state index is 12.2. The second kappa shape index (κ2) is 7.72. The summed E-state index contributed by atoms with van der Waals surface area (Å²) in [4.78, 5) is 12.2. The lowest BCUT2D eigenvalue weighted by Crippen LogP contribution is -2.42. The van der Waals surface area contributed by atoms with Crippen molar-refractivity contribution in [1.29, 1.82) is 0 Å². The Morgan fingerprint density at radius 1 is 1.33 bits per heavy atom. The van der Waals surface area contributed by atoms with Gasteiger partial charge in [-0.15, -0.1) is 0 Å². The monoisotopic (exact) mass is 291 g/mol. The number of anilines is 1. The summed E-state index contributed by atoms with van der Waals surface area (Å²) >= 11 is 0. The van der Waals surface area contributed by atoms with Gasteiger partial charge in [-0.3, -0.25) is 4.79 Å². The van der Waals surface area contributed by atoms with E-state index in [1.54, 1.807) is 7.11 Å². The minimum Gasteiger partial charge on any atom is -0.497 e. The Balaban J connectivity index is 2.92. The van der Waals surface area contributed by atoms with Gasteiger partial charge in [-0.25, -0.2) is 0 Å². The molecule has 0 aliphatic heterocycles. The molecule has 0 aromatic heterocycles. The molecule has 1 atom stereocenters. The number of hydrogen-bond acceptors (Lipinski definition) is 4. The van der Waals surface area contributed by atoms with Crippen molar-refractivity contribution in [3.05, 3.63) is 36.4 Å². The first kappa shape index (κ1) is 17.1. The molecule has 0 spiro atoms. The van der Waals surface area contributed by atoms with Gasteiger partial charge < -0.3 is 14.8 Å². The molecule has 0 saturated heterocycles. The van der Waals surface area contributed by atoms with Crippen molar-refractivity contribution < 1.29 is 14.3 Å². The van der Waals surface area contributed by atoms with E-state index in [9.17, 15) is 4.79 Å². The van der Waals surface area contributed by atoms with Crippen molar-refractivity contribution in [3.63, 3.8) is 0 Å². The lowest BCUT2D eigenvalue weighted by Gasteiger charge is -2.31. The minimum atomic E-state index is -0.664. The smallest absolute Gasteiger partial charge is 0.313 e. The quantitative estimate of drug-likeness (QED) is 0.615. The van der Waals surface area contributed by atoms with E-state index < -0.39 is 5.41 Å². The first-order chi connectivity index (χ1) is 9.95. The van der Waals surface area contributed by atoms with Crippen LogP contribution >= 0.6 is 0 Å². The van der Waals surface area contributed by atoms with Gasteiger partial charge in [0.15, 0.2) is 0 Å². The molecule has 21 heavy (non-hydrogen) atoms. The summed E-state index contributed by atoms with van der Waals surface area (Å²) in [5, 5.41) is 3.37. The Hall–Kier alpha value is -1.97. The fourth-order valence-electron chi connectivity index (χ4n) is 1.97. The van der Waals surface area contributed by atoms with Crippen molar-refractivity contribution in [2.45, 2.75) is 33.7 Å². The zero-order chi connectivity index (χ0) is 15.9. The van der Waals surface area contributed by atoms with Crippen LogP contribution in [0.4, 0.5) is 5.69 Å². The van der Waals surface area contributed by atoms with Crippen LogP contribution in [0, 0.1) is 5.41 Å². The van der Waals surface area contributed by atoms with Gasteiger partial charge in [-0.1, -0.05) is 12.2 Å². The third-order valence-electron chi connectivity index (χ3n) is 3.38. The predicted octanol–water partition coefficient (Wildman–Crippen LogP) is 3.64. The first-order valence-corrected chi connectivity index (χ1v) is 7.16. The highest BCUT2D eigenvalue weighted by atomic mass is 16.5. The molecule has 0 fully saturated rings. The van der Waals surface area contributed by atoms with E-state index >= 15 is 0 Å². The van der Waals surface area contributed by atoms with Crippen LogP contribution < -0.4 is 10.1 Å². The molecule has 1 rings (SSSR count). The molecule has 0 aliphatic rings. The van der Waals surface area contributed by atoms with Crippen molar-refractivity contribution in [3.8, 4) is 5.75 Å². The normalized spacial score (nSPS) is 13.0. The number of ether oxygens (including phenoxy) is 2. The van der Waals surface area contributed by atoms with E-state index in [-0.39, 0.29) is 12.0 Å². The highest BCUT2D eigenvalue weighted by Gasteiger charge is 2.36. The lowest BCUT2D eigenvalue weighted by molar-refractivity contribution is -0.153. The molecule has 1 unspecified atom stereocenters. The molecule has 0 amide bonds. The van der Waals surface area contributed by atoms with Gasteiger partial charge in [-0.2, -0.15) is 0 Å². The van der Waals surface area contributed by atoms with Gasteiger partial charge in [-0.05, 0) is 52.0 Å². The van der Waals surface area contributed by atoms with Crippen molar-refractivity contribution in [1.82, 2.24) is 0 Å². The van der Waals surface area contributed by atoms with Crippen LogP contribution in [-0.4, -0.2) is 25.7 Å². The highest BCUT2D eigenvalue weighted by Crippen LogP contribution is 2.27. The largest absolute Gasteiger partial charge is 0.497 e. The Kier molecular flexibility index (Phi) is 6.28. The molecule has 1 aromatic carbocycles. The van der Waals surface area contributed by atoms with Crippen molar-refractivity contribution >= 4 is 11.7 Å². The Morgan fingerprint density at radius 2 is 1.95 bits per heavy atom. The number of nitrogens with one attached hydrogen (secondary N) is 1. The second-order valence-electron chi connectivity index (χ2n) is 5.32. The zero-order valence-electron chi connectivity index (χ0n) is 13.5. The van der Waals surface area contributed by atoms with Crippen LogP contribution in [0.15, 0.2) is 36.4 Å². The van der Waals surface area contributed by atoms with Crippen LogP contribution in [0.1, 0.15) is 27.7 Å². The van der Waals surface area contributed by atoms with Gasteiger partial charge in [0.2, 0.25) is 0 Å². The van der Waals surface area contributed by atoms with Crippen LogP contribution in [0.3, 0.4) is 0 Å². The summed E-state index contributed by atoms with van der Waals surface area (Å²) in [5.41, 5.74) is 0.263. The fourth-order valence-corrected chi connectivity index (χ4v) is 1.97. The summed E-state index contributed by atoms with van der Waals surface area (Å²) in [6.07, 6.45) is 3.91. The minimum absolute atomic E-state index is 0.157. The topological polar surface area (TPSA) is 47.6 Å². The van der Waals surface area contributed by atoms with Gasteiger partial charge >= 0.3 is 5.97 Å². The Morgan fingerprint density at radius 3 is 2.43 bits per heavy atom. The molecule has 0 heterocycles. The first-order valence-electron chi connectivity index (χ1n) is 7.16. The second-order valence-corrected chi connectivity index (χ2v) is 5.32. The Bertz CT molecular complexity index is 477. The molecule has 0 bridgehead atoms. The maximum atomic E-state index is 12.2. The maximum Gasteiger partial charge on any atom is 0.313 e. The molecule has 116 valence electrons. The number of benzene rings is 1. The van der Waals surface area contributed by atoms with Crippen molar-refractivity contribution in [2.24, 2.45) is 5.41 Å². The number of rotatable bonds is 7. The fraction of sp³-hybridized carbons (Fsp3) is 0.471. The van der Waals surface area contributed by atoms with E-state index in [4.69, 9.17) is 9.47 Å². The predicted molar refractivity (Wildman–Crippen MR) is 85.6 cm³/mol. The molecular formula is C17H25NO3. The average molecular weight is 291 g/mol. The van der Waals surface area contributed by atoms with Crippen LogP contribution in [0.2, 0.25) is 0 Å². The highest BCUT2D eigenvalue weighted by molar-refractivity contribution is 5.78. The number of hydrogen-bond donors (Lipinski definition) is 1. The molecule has 4 heteroatoms. The average Bonchev–Trinajstić information content (AvgIpc) is 2.47. The van der Waals surface area contributed by atoms with Crippen LogP contribution in [0.25, 0.3) is 0 Å². The number of allylic oxidation sites excluding steroid dienone is 1. The van der Waals surface area contributed by atoms with Crippen LogP contribution in [-0.2, 0) is 9.53 Å². The lowest BCUT2D eigenvalue weighted by atomic mass is 9.84. The molecule has 0 aliphatic carbocycles. The van der Waals surface area contributed by atoms with Gasteiger partial charge in [0.25, 0.3) is 0 Å². The summed E-state index contributed by atoms with van der Waals surface area (Å²) in [6.45, 7) is 7.89. The summed E-state index contributed by atoms with van der Waals surface area (Å²) in [7, 11) is 1.63. The van der Waals surface area contributed by atoms with E-state index in [1.807, 2.05) is 64.1 Å². The molecule has 1 N–H and O–H groups in total.